The highest BCUT2D eigenvalue weighted by molar-refractivity contribution is 5.92. The van der Waals surface area contributed by atoms with Gasteiger partial charge in [0.2, 0.25) is 6.10 Å². The number of esters is 2. The smallest absolute Gasteiger partial charge is 0.347 e. The number of benzene rings is 1. The van der Waals surface area contributed by atoms with Gasteiger partial charge in [-0.2, -0.15) is 0 Å². The zero-order valence-electron chi connectivity index (χ0n) is 9.20. The summed E-state index contributed by atoms with van der Waals surface area (Å²) < 4.78 is 9.55. The third-order valence-corrected chi connectivity index (χ3v) is 2.43. The van der Waals surface area contributed by atoms with Crippen molar-refractivity contribution in [3.05, 3.63) is 39.9 Å². The van der Waals surface area contributed by atoms with Gasteiger partial charge in [-0.05, 0) is 6.07 Å². The van der Waals surface area contributed by atoms with Crippen LogP contribution >= 0.6 is 0 Å². The van der Waals surface area contributed by atoms with Crippen molar-refractivity contribution in [1.82, 2.24) is 0 Å². The number of nitrogens with zero attached hydrogens (tertiary/aromatic N) is 1. The Morgan fingerprint density at radius 1 is 1.50 bits per heavy atom. The van der Waals surface area contributed by atoms with Gasteiger partial charge in [0.25, 0.3) is 5.69 Å². The van der Waals surface area contributed by atoms with E-state index in [0.29, 0.717) is 6.42 Å². The molecule has 0 saturated carbocycles. The number of rotatable bonds is 3. The van der Waals surface area contributed by atoms with Gasteiger partial charge in [-0.3, -0.25) is 10.1 Å². The Labute approximate surface area is 101 Å². The minimum Gasteiger partial charge on any atom is -0.463 e. The van der Waals surface area contributed by atoms with E-state index >= 15 is 0 Å². The van der Waals surface area contributed by atoms with Crippen LogP contribution in [0.2, 0.25) is 0 Å². The van der Waals surface area contributed by atoms with Crippen LogP contribution in [0.1, 0.15) is 16.8 Å². The summed E-state index contributed by atoms with van der Waals surface area (Å²) in [5.74, 6) is -1.36. The molecule has 2 rings (SSSR count). The minimum atomic E-state index is -0.920. The molecule has 7 nitrogen and oxygen atoms in total. The molecule has 1 aliphatic heterocycles. The second kappa shape index (κ2) is 4.82. The molecule has 0 spiro atoms. The van der Waals surface area contributed by atoms with E-state index in [1.54, 1.807) is 0 Å². The Morgan fingerprint density at radius 2 is 2.28 bits per heavy atom. The van der Waals surface area contributed by atoms with Crippen LogP contribution in [0, 0.1) is 10.1 Å². The van der Waals surface area contributed by atoms with E-state index in [2.05, 4.69) is 4.74 Å². The van der Waals surface area contributed by atoms with Crippen LogP contribution in [0.15, 0.2) is 24.3 Å². The zero-order chi connectivity index (χ0) is 13.1. The van der Waals surface area contributed by atoms with E-state index in [0.717, 1.165) is 6.07 Å². The first-order valence-electron chi connectivity index (χ1n) is 5.20. The van der Waals surface area contributed by atoms with E-state index < -0.39 is 23.0 Å². The summed E-state index contributed by atoms with van der Waals surface area (Å²) in [5, 5.41) is 10.6. The van der Waals surface area contributed by atoms with Crippen molar-refractivity contribution in [3.63, 3.8) is 0 Å². The van der Waals surface area contributed by atoms with Gasteiger partial charge >= 0.3 is 11.9 Å². The number of nitro groups is 1. The van der Waals surface area contributed by atoms with E-state index in [4.69, 9.17) is 4.74 Å². The Morgan fingerprint density at radius 3 is 2.89 bits per heavy atom. The van der Waals surface area contributed by atoms with Crippen LogP contribution in [0.4, 0.5) is 5.69 Å². The summed E-state index contributed by atoms with van der Waals surface area (Å²) in [6, 6.07) is 5.13. The Hall–Kier alpha value is -2.44. The minimum absolute atomic E-state index is 0.0314. The second-order valence-corrected chi connectivity index (χ2v) is 3.66. The fraction of sp³-hybridized carbons (Fsp3) is 0.273. The monoisotopic (exact) mass is 251 g/mol. The molecular formula is C11H9NO6. The van der Waals surface area contributed by atoms with Crippen molar-refractivity contribution < 1.29 is 24.0 Å². The summed E-state index contributed by atoms with van der Waals surface area (Å²) in [4.78, 5) is 32.7. The van der Waals surface area contributed by atoms with Crippen LogP contribution in [0.5, 0.6) is 0 Å². The molecule has 1 atom stereocenters. The standard InChI is InChI=1S/C11H9NO6/c13-10(18-9-4-5-17-11(9)14)7-2-1-3-8(6-7)12(15)16/h1-3,6,9H,4-5H2/t9-/m1/s1. The molecule has 0 N–H and O–H groups in total. The van der Waals surface area contributed by atoms with Gasteiger partial charge in [0.05, 0.1) is 17.1 Å². The SMILES string of the molecule is O=C(O[C@@H]1CCOC1=O)c1cccc([N+](=O)[O-])c1. The van der Waals surface area contributed by atoms with E-state index in [-0.39, 0.29) is 17.9 Å². The molecule has 0 radical (unpaired) electrons. The third-order valence-electron chi connectivity index (χ3n) is 2.43. The van der Waals surface area contributed by atoms with Gasteiger partial charge in [0.15, 0.2) is 0 Å². The normalized spacial score (nSPS) is 18.2. The number of nitro benzene ring substituents is 1. The van der Waals surface area contributed by atoms with Crippen LogP contribution < -0.4 is 0 Å². The summed E-state index contributed by atoms with van der Waals surface area (Å²) in [5.41, 5.74) is -0.178. The van der Waals surface area contributed by atoms with E-state index in [1.807, 2.05) is 0 Å². The van der Waals surface area contributed by atoms with Crippen molar-refractivity contribution in [3.8, 4) is 0 Å². The average Bonchev–Trinajstić information content (AvgIpc) is 2.75. The number of non-ortho nitro benzene ring substituents is 1. The molecule has 7 heteroatoms. The maximum Gasteiger partial charge on any atom is 0.347 e. The molecular weight excluding hydrogens is 242 g/mol. The van der Waals surface area contributed by atoms with Crippen molar-refractivity contribution in [2.75, 3.05) is 6.61 Å². The van der Waals surface area contributed by atoms with Crippen LogP contribution in [0.3, 0.4) is 0 Å². The first-order valence-corrected chi connectivity index (χ1v) is 5.20. The highest BCUT2D eigenvalue weighted by Crippen LogP contribution is 2.17. The molecule has 0 unspecified atom stereocenters. The molecule has 1 aromatic rings. The zero-order valence-corrected chi connectivity index (χ0v) is 9.20. The van der Waals surface area contributed by atoms with Gasteiger partial charge in [-0.25, -0.2) is 9.59 Å². The third kappa shape index (κ3) is 2.45. The molecule has 1 aliphatic rings. The molecule has 1 heterocycles. The highest BCUT2D eigenvalue weighted by atomic mass is 16.6. The fourth-order valence-electron chi connectivity index (χ4n) is 1.53. The van der Waals surface area contributed by atoms with E-state index in [1.165, 1.54) is 18.2 Å². The number of ether oxygens (including phenoxy) is 2. The molecule has 18 heavy (non-hydrogen) atoms. The molecule has 1 saturated heterocycles. The summed E-state index contributed by atoms with van der Waals surface area (Å²) >= 11 is 0. The largest absolute Gasteiger partial charge is 0.463 e. The van der Waals surface area contributed by atoms with E-state index in [9.17, 15) is 19.7 Å². The van der Waals surface area contributed by atoms with Gasteiger partial charge < -0.3 is 9.47 Å². The maximum atomic E-state index is 11.7. The lowest BCUT2D eigenvalue weighted by molar-refractivity contribution is -0.384. The first kappa shape index (κ1) is 12.0. The van der Waals surface area contributed by atoms with Crippen molar-refractivity contribution in [1.29, 1.82) is 0 Å². The van der Waals surface area contributed by atoms with Gasteiger partial charge in [-0.15, -0.1) is 0 Å². The maximum absolute atomic E-state index is 11.7. The Kier molecular flexibility index (Phi) is 3.22. The second-order valence-electron chi connectivity index (χ2n) is 3.66. The van der Waals surface area contributed by atoms with Crippen molar-refractivity contribution in [2.45, 2.75) is 12.5 Å². The Bertz CT molecular complexity index is 512. The quantitative estimate of drug-likeness (QED) is 0.453. The molecule has 0 aliphatic carbocycles. The summed E-state index contributed by atoms with van der Waals surface area (Å²) in [6.07, 6.45) is -0.615. The summed E-state index contributed by atoms with van der Waals surface area (Å²) in [6.45, 7) is 0.214. The first-order chi connectivity index (χ1) is 8.58. The number of carbonyl (C=O) groups excluding carboxylic acids is 2. The lowest BCUT2D eigenvalue weighted by Gasteiger charge is -2.07. The summed E-state index contributed by atoms with van der Waals surface area (Å²) in [7, 11) is 0. The lowest BCUT2D eigenvalue weighted by atomic mass is 10.2. The van der Waals surface area contributed by atoms with Crippen LogP contribution in [0.25, 0.3) is 0 Å². The lowest BCUT2D eigenvalue weighted by Crippen LogP contribution is -2.22. The van der Waals surface area contributed by atoms with Crippen LogP contribution in [-0.2, 0) is 14.3 Å². The van der Waals surface area contributed by atoms with Gasteiger partial charge in [-0.1, -0.05) is 6.07 Å². The number of carbonyl (C=O) groups is 2. The van der Waals surface area contributed by atoms with Crippen molar-refractivity contribution >= 4 is 17.6 Å². The van der Waals surface area contributed by atoms with Crippen molar-refractivity contribution in [2.24, 2.45) is 0 Å². The molecule has 0 amide bonds. The van der Waals surface area contributed by atoms with Gasteiger partial charge in [0.1, 0.15) is 0 Å². The number of cyclic esters (lactones) is 1. The average molecular weight is 251 g/mol. The molecule has 1 fully saturated rings. The molecule has 0 aromatic heterocycles. The van der Waals surface area contributed by atoms with Gasteiger partial charge in [0, 0.05) is 18.6 Å². The molecule has 0 bridgehead atoms. The Balaban J connectivity index is 2.11. The predicted octanol–water partition coefficient (Wildman–Crippen LogP) is 1.07. The molecule has 1 aromatic carbocycles. The highest BCUT2D eigenvalue weighted by Gasteiger charge is 2.30. The van der Waals surface area contributed by atoms with Crippen LogP contribution in [-0.4, -0.2) is 29.6 Å². The predicted molar refractivity (Wildman–Crippen MR) is 57.9 cm³/mol. The number of hydrogen-bond donors (Lipinski definition) is 0. The molecule has 94 valence electrons. The number of hydrogen-bond acceptors (Lipinski definition) is 6. The topological polar surface area (TPSA) is 95.7 Å². The fourth-order valence-corrected chi connectivity index (χ4v) is 1.53.